The molecule has 4 aromatic rings. The van der Waals surface area contributed by atoms with E-state index in [4.69, 9.17) is 14.9 Å². The van der Waals surface area contributed by atoms with E-state index >= 15 is 0 Å². The number of carbonyl (C=O) groups is 1. The number of esters is 1. The summed E-state index contributed by atoms with van der Waals surface area (Å²) >= 11 is 1.36. The molecule has 0 saturated heterocycles. The summed E-state index contributed by atoms with van der Waals surface area (Å²) in [4.78, 5) is 12.2. The van der Waals surface area contributed by atoms with Gasteiger partial charge in [0.25, 0.3) is 0 Å². The highest BCUT2D eigenvalue weighted by molar-refractivity contribution is 8.16. The van der Waals surface area contributed by atoms with E-state index in [-0.39, 0.29) is 17.1 Å². The fourth-order valence-electron chi connectivity index (χ4n) is 5.31. The van der Waals surface area contributed by atoms with Crippen molar-refractivity contribution in [3.05, 3.63) is 131 Å². The molecule has 0 saturated carbocycles. The topological polar surface area (TPSA) is 57.5 Å². The molecule has 4 aromatic carbocycles. The zero-order valence-corrected chi connectivity index (χ0v) is 25.4. The maximum absolute atomic E-state index is 13.2. The van der Waals surface area contributed by atoms with Gasteiger partial charge in [0.05, 0.1) is 23.7 Å². The average Bonchev–Trinajstić information content (AvgIpc) is 3.39. The Morgan fingerprint density at radius 2 is 1.43 bits per heavy atom. The van der Waals surface area contributed by atoms with Crippen molar-refractivity contribution >= 4 is 39.9 Å². The lowest BCUT2D eigenvalue weighted by Crippen LogP contribution is -2.54. The average molecular weight is 575 g/mol. The molecule has 0 amide bonds. The molecular formula is C35H34N4O2S. The van der Waals surface area contributed by atoms with Crippen LogP contribution in [-0.2, 0) is 19.9 Å². The first-order valence-corrected chi connectivity index (χ1v) is 15.0. The van der Waals surface area contributed by atoms with Crippen molar-refractivity contribution < 1.29 is 9.53 Å². The molecule has 2 aliphatic heterocycles. The van der Waals surface area contributed by atoms with Crippen molar-refractivity contribution in [2.75, 3.05) is 16.6 Å². The molecule has 7 heteroatoms. The van der Waals surface area contributed by atoms with E-state index in [9.17, 15) is 4.79 Å². The Kier molecular flexibility index (Phi) is 7.15. The summed E-state index contributed by atoms with van der Waals surface area (Å²) in [5, 5.41) is 14.5. The number of hydrogen-bond donors (Lipinski definition) is 0. The van der Waals surface area contributed by atoms with Crippen molar-refractivity contribution in [2.45, 2.75) is 45.0 Å². The zero-order valence-electron chi connectivity index (χ0n) is 24.5. The molecule has 2 aliphatic rings. The third-order valence-electron chi connectivity index (χ3n) is 7.49. The summed E-state index contributed by atoms with van der Waals surface area (Å²) in [6, 6.07) is 35.2. The second-order valence-corrected chi connectivity index (χ2v) is 12.6. The zero-order chi connectivity index (χ0) is 29.5. The Bertz CT molecular complexity index is 1680. The van der Waals surface area contributed by atoms with Crippen LogP contribution in [0.3, 0.4) is 0 Å². The van der Waals surface area contributed by atoms with Crippen molar-refractivity contribution in [3.8, 4) is 0 Å². The molecule has 212 valence electrons. The number of carbonyl (C=O) groups excluding carboxylic acids is 1. The molecule has 1 spiro atoms. The number of ether oxygens (including phenoxy) is 1. The van der Waals surface area contributed by atoms with Gasteiger partial charge in [-0.05, 0) is 60.9 Å². The Labute approximate surface area is 251 Å². The fraction of sp³-hybridized carbons (Fsp3) is 0.229. The number of aryl methyl sites for hydroxylation is 1. The van der Waals surface area contributed by atoms with Crippen LogP contribution in [0, 0.1) is 6.92 Å². The van der Waals surface area contributed by atoms with E-state index in [1.54, 1.807) is 6.92 Å². The SMILES string of the molecule is CCOC(=O)C1=NN(c2ccc(C)cc2)C2(S1)c1ccccc1C(c1ccc(C(C)(C)C)cc1)=NN2c1ccccc1. The van der Waals surface area contributed by atoms with Gasteiger partial charge in [-0.3, -0.25) is 0 Å². The first-order valence-electron chi connectivity index (χ1n) is 14.2. The van der Waals surface area contributed by atoms with E-state index in [1.165, 1.54) is 17.3 Å². The summed E-state index contributed by atoms with van der Waals surface area (Å²) in [5.41, 5.74) is 7.99. The minimum absolute atomic E-state index is 0.0425. The molecule has 6 rings (SSSR count). The molecule has 0 fully saturated rings. The number of anilines is 2. The molecule has 0 aromatic heterocycles. The molecule has 1 atom stereocenters. The van der Waals surface area contributed by atoms with Crippen molar-refractivity contribution in [1.82, 2.24) is 0 Å². The van der Waals surface area contributed by atoms with Gasteiger partial charge in [0.15, 0.2) is 0 Å². The van der Waals surface area contributed by atoms with Gasteiger partial charge in [0, 0.05) is 16.7 Å². The fourth-order valence-corrected chi connectivity index (χ4v) is 6.59. The van der Waals surface area contributed by atoms with Gasteiger partial charge >= 0.3 is 5.97 Å². The predicted octanol–water partition coefficient (Wildman–Crippen LogP) is 7.81. The van der Waals surface area contributed by atoms with Gasteiger partial charge in [0.1, 0.15) is 0 Å². The third-order valence-corrected chi connectivity index (χ3v) is 8.78. The summed E-state index contributed by atoms with van der Waals surface area (Å²) in [6.45, 7) is 10.8. The van der Waals surface area contributed by atoms with E-state index < -0.39 is 11.0 Å². The van der Waals surface area contributed by atoms with Crippen LogP contribution in [0.25, 0.3) is 0 Å². The number of benzene rings is 4. The molecule has 0 bridgehead atoms. The van der Waals surface area contributed by atoms with Crippen LogP contribution >= 0.6 is 11.8 Å². The number of para-hydroxylation sites is 1. The summed E-state index contributed by atoms with van der Waals surface area (Å²) in [6.07, 6.45) is 0. The molecule has 2 heterocycles. The minimum atomic E-state index is -1.02. The van der Waals surface area contributed by atoms with Gasteiger partial charge in [-0.1, -0.05) is 105 Å². The number of fused-ring (bicyclic) bond motifs is 2. The second-order valence-electron chi connectivity index (χ2n) is 11.5. The quantitative estimate of drug-likeness (QED) is 0.228. The Morgan fingerprint density at radius 1 is 0.810 bits per heavy atom. The van der Waals surface area contributed by atoms with E-state index in [0.29, 0.717) is 0 Å². The first kappa shape index (κ1) is 27.8. The second kappa shape index (κ2) is 10.8. The minimum Gasteiger partial charge on any atom is -0.461 e. The van der Waals surface area contributed by atoms with Crippen LogP contribution < -0.4 is 10.0 Å². The van der Waals surface area contributed by atoms with Crippen LogP contribution in [0.15, 0.2) is 113 Å². The monoisotopic (exact) mass is 574 g/mol. The highest BCUT2D eigenvalue weighted by Gasteiger charge is 2.56. The van der Waals surface area contributed by atoms with Crippen molar-refractivity contribution in [3.63, 3.8) is 0 Å². The normalized spacial score (nSPS) is 18.0. The molecular weight excluding hydrogens is 540 g/mol. The lowest BCUT2D eigenvalue weighted by atomic mass is 9.85. The molecule has 0 radical (unpaired) electrons. The summed E-state index contributed by atoms with van der Waals surface area (Å²) in [5.74, 6) is -0.450. The number of nitrogens with zero attached hydrogens (tertiary/aromatic N) is 4. The largest absolute Gasteiger partial charge is 0.461 e. The Hall–Kier alpha value is -4.36. The van der Waals surface area contributed by atoms with Crippen LogP contribution in [0.1, 0.15) is 55.5 Å². The standard InChI is InChI=1S/C35H34N4O2S/c1-6-41-33(40)32-37-39(28-22-16-24(2)17-23-28)35(42-32)30-15-11-10-14-29(30)31(36-38(35)27-12-8-7-9-13-27)25-18-20-26(21-19-25)34(3,4)5/h7-23H,6H2,1-5H3. The first-order chi connectivity index (χ1) is 20.2. The maximum Gasteiger partial charge on any atom is 0.365 e. The van der Waals surface area contributed by atoms with Crippen LogP contribution in [-0.4, -0.2) is 23.3 Å². The highest BCUT2D eigenvalue weighted by atomic mass is 32.2. The highest BCUT2D eigenvalue weighted by Crippen LogP contribution is 2.55. The van der Waals surface area contributed by atoms with Gasteiger partial charge in [-0.2, -0.15) is 10.2 Å². The molecule has 1 unspecified atom stereocenters. The molecule has 42 heavy (non-hydrogen) atoms. The molecule has 6 nitrogen and oxygen atoms in total. The van der Waals surface area contributed by atoms with Crippen molar-refractivity contribution in [2.24, 2.45) is 10.2 Å². The summed E-state index contributed by atoms with van der Waals surface area (Å²) < 4.78 is 5.45. The lowest BCUT2D eigenvalue weighted by molar-refractivity contribution is -0.134. The summed E-state index contributed by atoms with van der Waals surface area (Å²) in [7, 11) is 0. The van der Waals surface area contributed by atoms with Gasteiger partial charge in [0.2, 0.25) is 10.0 Å². The number of rotatable bonds is 5. The van der Waals surface area contributed by atoms with Gasteiger partial charge in [-0.15, -0.1) is 0 Å². The molecule has 0 N–H and O–H groups in total. The Morgan fingerprint density at radius 3 is 2.10 bits per heavy atom. The van der Waals surface area contributed by atoms with E-state index in [0.717, 1.165) is 39.3 Å². The van der Waals surface area contributed by atoms with Crippen LogP contribution in [0.4, 0.5) is 11.4 Å². The third kappa shape index (κ3) is 4.77. The van der Waals surface area contributed by atoms with Gasteiger partial charge in [-0.25, -0.2) is 14.8 Å². The van der Waals surface area contributed by atoms with E-state index in [1.807, 2.05) is 64.6 Å². The lowest BCUT2D eigenvalue weighted by Gasteiger charge is -2.47. The Balaban J connectivity index is 1.61. The van der Waals surface area contributed by atoms with Gasteiger partial charge < -0.3 is 4.74 Å². The predicted molar refractivity (Wildman–Crippen MR) is 173 cm³/mol. The van der Waals surface area contributed by atoms with Crippen molar-refractivity contribution in [1.29, 1.82) is 0 Å². The number of hydrazone groups is 2. The van der Waals surface area contributed by atoms with E-state index in [2.05, 4.69) is 76.2 Å². The maximum atomic E-state index is 13.2. The number of thioether (sulfide) groups is 1. The number of hydrogen-bond acceptors (Lipinski definition) is 7. The van der Waals surface area contributed by atoms with Crippen LogP contribution in [0.5, 0.6) is 0 Å². The smallest absolute Gasteiger partial charge is 0.365 e. The van der Waals surface area contributed by atoms with Crippen LogP contribution in [0.2, 0.25) is 0 Å². The molecule has 0 aliphatic carbocycles.